The molecule has 2 aliphatic carbocycles. The summed E-state index contributed by atoms with van der Waals surface area (Å²) in [6, 6.07) is 77.0. The molecular weight excluding hydrogens is 823 g/mol. The van der Waals surface area contributed by atoms with Gasteiger partial charge in [0.25, 0.3) is 0 Å². The number of benzene rings is 9. The second-order valence-corrected chi connectivity index (χ2v) is 19.6. The Balaban J connectivity index is 1.01. The van der Waals surface area contributed by atoms with Gasteiger partial charge in [-0.25, -0.2) is 15.0 Å². The summed E-state index contributed by atoms with van der Waals surface area (Å²) in [5, 5.41) is 3.44. The van der Waals surface area contributed by atoms with Gasteiger partial charge in [-0.05, 0) is 102 Å². The maximum absolute atomic E-state index is 5.65. The number of fused-ring (bicyclic) bond motifs is 9. The van der Waals surface area contributed by atoms with Crippen molar-refractivity contribution in [3.63, 3.8) is 0 Å². The highest BCUT2D eigenvalue weighted by Crippen LogP contribution is 2.52. The summed E-state index contributed by atoms with van der Waals surface area (Å²) in [6.45, 7) is 9.41. The van der Waals surface area contributed by atoms with Gasteiger partial charge in [0.1, 0.15) is 0 Å². The lowest BCUT2D eigenvalue weighted by atomic mass is 9.81. The minimum absolute atomic E-state index is 0.115. The van der Waals surface area contributed by atoms with Crippen LogP contribution in [0.2, 0.25) is 0 Å². The zero-order valence-electron chi connectivity index (χ0n) is 38.5. The smallest absolute Gasteiger partial charge is 0.160 e. The lowest BCUT2D eigenvalue weighted by Crippen LogP contribution is -2.15. The maximum atomic E-state index is 5.65. The largest absolute Gasteiger partial charge is 0.247 e. The molecule has 3 heteroatoms. The molecule has 0 spiro atoms. The van der Waals surface area contributed by atoms with E-state index in [-0.39, 0.29) is 10.8 Å². The number of pyridine rings is 1. The van der Waals surface area contributed by atoms with Crippen molar-refractivity contribution in [3.8, 4) is 89.7 Å². The van der Waals surface area contributed by atoms with Gasteiger partial charge in [0.2, 0.25) is 0 Å². The molecule has 0 unspecified atom stereocenters. The standard InChI is InChI=1S/C65H47N3/c1-64(2)55-25-15-13-22-47(55)49-33-31-44(35-57(49)64)52-37-54-53(40-27-29-43(30-28-40)63-67-60(41-17-7-5-8-18-41)39-61(68-63)42-19-9-6-10-20-42)38-59(66-62(54)51-24-12-11-21-46(51)52)45-32-34-50-48-23-14-16-26-56(48)65(3,4)58(50)36-45/h5-39H,1-4H3. The molecule has 0 radical (unpaired) electrons. The van der Waals surface area contributed by atoms with E-state index >= 15 is 0 Å². The van der Waals surface area contributed by atoms with Crippen LogP contribution >= 0.6 is 0 Å². The van der Waals surface area contributed by atoms with Crippen LogP contribution in [0.3, 0.4) is 0 Å². The SMILES string of the molecule is CC1(C)c2ccccc2-c2ccc(-c3cc(-c4ccc(-c5nc(-c6ccccc6)cc(-c6ccccc6)n5)cc4)c4cc(-c5ccc6c(c5)C(C)(C)c5ccccc5-6)c5ccccc5c4n3)cc21. The fourth-order valence-corrected chi connectivity index (χ4v) is 11.3. The third-order valence-electron chi connectivity index (χ3n) is 14.9. The molecule has 68 heavy (non-hydrogen) atoms. The van der Waals surface area contributed by atoms with Gasteiger partial charge < -0.3 is 0 Å². The Morgan fingerprint density at radius 2 is 0.706 bits per heavy atom. The predicted octanol–water partition coefficient (Wildman–Crippen LogP) is 16.8. The second kappa shape index (κ2) is 15.1. The quantitative estimate of drug-likeness (QED) is 0.156. The average Bonchev–Trinajstić information content (AvgIpc) is 3.77. The van der Waals surface area contributed by atoms with E-state index in [0.29, 0.717) is 5.82 Å². The molecule has 0 bridgehead atoms. The minimum Gasteiger partial charge on any atom is -0.247 e. The number of hydrogen-bond acceptors (Lipinski definition) is 3. The molecule has 0 saturated carbocycles. The third kappa shape index (κ3) is 6.23. The Labute approximate surface area is 397 Å². The normalized spacial score (nSPS) is 13.8. The van der Waals surface area contributed by atoms with Crippen LogP contribution in [-0.2, 0) is 10.8 Å². The van der Waals surface area contributed by atoms with Crippen LogP contribution in [-0.4, -0.2) is 15.0 Å². The van der Waals surface area contributed by atoms with Gasteiger partial charge in [-0.3, -0.25) is 0 Å². The van der Waals surface area contributed by atoms with E-state index in [0.717, 1.165) is 66.8 Å². The van der Waals surface area contributed by atoms with Crippen molar-refractivity contribution < 1.29 is 0 Å². The molecule has 0 saturated heterocycles. The first kappa shape index (κ1) is 40.0. The zero-order chi connectivity index (χ0) is 45.7. The van der Waals surface area contributed by atoms with Crippen molar-refractivity contribution in [2.75, 3.05) is 0 Å². The van der Waals surface area contributed by atoms with Crippen LogP contribution in [0.15, 0.2) is 212 Å². The first-order valence-electron chi connectivity index (χ1n) is 23.7. The second-order valence-electron chi connectivity index (χ2n) is 19.6. The summed E-state index contributed by atoms with van der Waals surface area (Å²) in [6.07, 6.45) is 0. The molecule has 3 nitrogen and oxygen atoms in total. The van der Waals surface area contributed by atoms with Crippen LogP contribution < -0.4 is 0 Å². The Hall–Kier alpha value is -8.27. The summed E-state index contributed by atoms with van der Waals surface area (Å²) in [7, 11) is 0. The number of aromatic nitrogens is 3. The fourth-order valence-electron chi connectivity index (χ4n) is 11.3. The van der Waals surface area contributed by atoms with E-state index in [2.05, 4.69) is 228 Å². The number of rotatable bonds is 6. The Bertz CT molecular complexity index is 3770. The lowest BCUT2D eigenvalue weighted by molar-refractivity contribution is 0.660. The average molecular weight is 870 g/mol. The molecule has 0 aliphatic heterocycles. The van der Waals surface area contributed by atoms with E-state index in [1.165, 1.54) is 61.0 Å². The van der Waals surface area contributed by atoms with Gasteiger partial charge in [-0.15, -0.1) is 0 Å². The molecule has 2 aromatic heterocycles. The molecular formula is C65H47N3. The Kier molecular flexibility index (Phi) is 8.91. The van der Waals surface area contributed by atoms with Crippen molar-refractivity contribution in [1.29, 1.82) is 0 Å². The monoisotopic (exact) mass is 869 g/mol. The van der Waals surface area contributed by atoms with Crippen molar-refractivity contribution in [2.45, 2.75) is 38.5 Å². The topological polar surface area (TPSA) is 38.7 Å². The van der Waals surface area contributed by atoms with E-state index in [4.69, 9.17) is 15.0 Å². The molecule has 9 aromatic carbocycles. The molecule has 11 aromatic rings. The molecule has 0 N–H and O–H groups in total. The van der Waals surface area contributed by atoms with E-state index in [1.54, 1.807) is 0 Å². The van der Waals surface area contributed by atoms with Gasteiger partial charge in [0, 0.05) is 43.9 Å². The van der Waals surface area contributed by atoms with Gasteiger partial charge in [0.05, 0.1) is 22.6 Å². The fraction of sp³-hybridized carbons (Fsp3) is 0.0923. The summed E-state index contributed by atoms with van der Waals surface area (Å²) >= 11 is 0. The molecule has 0 amide bonds. The minimum atomic E-state index is -0.134. The van der Waals surface area contributed by atoms with Crippen molar-refractivity contribution >= 4 is 21.7 Å². The summed E-state index contributed by atoms with van der Waals surface area (Å²) in [4.78, 5) is 16.0. The predicted molar refractivity (Wildman–Crippen MR) is 283 cm³/mol. The molecule has 0 atom stereocenters. The van der Waals surface area contributed by atoms with Gasteiger partial charge in [-0.1, -0.05) is 210 Å². The van der Waals surface area contributed by atoms with Gasteiger partial charge >= 0.3 is 0 Å². The summed E-state index contributed by atoms with van der Waals surface area (Å²) in [5.74, 6) is 0.689. The van der Waals surface area contributed by atoms with Crippen LogP contribution in [0.1, 0.15) is 49.9 Å². The third-order valence-corrected chi connectivity index (χ3v) is 14.9. The van der Waals surface area contributed by atoms with Crippen molar-refractivity contribution in [3.05, 3.63) is 235 Å². The zero-order valence-corrected chi connectivity index (χ0v) is 38.5. The first-order valence-corrected chi connectivity index (χ1v) is 23.7. The van der Waals surface area contributed by atoms with E-state index in [9.17, 15) is 0 Å². The van der Waals surface area contributed by atoms with Gasteiger partial charge in [-0.2, -0.15) is 0 Å². The number of hydrogen-bond donors (Lipinski definition) is 0. The van der Waals surface area contributed by atoms with Crippen LogP contribution in [0, 0.1) is 0 Å². The summed E-state index contributed by atoms with van der Waals surface area (Å²) < 4.78 is 0. The molecule has 13 rings (SSSR count). The van der Waals surface area contributed by atoms with Crippen molar-refractivity contribution in [2.24, 2.45) is 0 Å². The highest BCUT2D eigenvalue weighted by Gasteiger charge is 2.37. The molecule has 0 fully saturated rings. The molecule has 322 valence electrons. The van der Waals surface area contributed by atoms with Crippen LogP contribution in [0.4, 0.5) is 0 Å². The molecule has 2 aliphatic rings. The summed E-state index contributed by atoms with van der Waals surface area (Å²) in [5.41, 5.74) is 23.0. The maximum Gasteiger partial charge on any atom is 0.160 e. The number of nitrogens with zero attached hydrogens (tertiary/aromatic N) is 3. The van der Waals surface area contributed by atoms with Gasteiger partial charge in [0.15, 0.2) is 5.82 Å². The van der Waals surface area contributed by atoms with Crippen LogP contribution in [0.5, 0.6) is 0 Å². The van der Waals surface area contributed by atoms with E-state index < -0.39 is 0 Å². The first-order chi connectivity index (χ1) is 33.2. The van der Waals surface area contributed by atoms with Crippen LogP contribution in [0.25, 0.3) is 111 Å². The Morgan fingerprint density at radius 3 is 1.31 bits per heavy atom. The van der Waals surface area contributed by atoms with E-state index in [1.807, 2.05) is 12.1 Å². The highest BCUT2D eigenvalue weighted by molar-refractivity contribution is 6.16. The highest BCUT2D eigenvalue weighted by atomic mass is 14.9. The molecule has 2 heterocycles. The van der Waals surface area contributed by atoms with Crippen molar-refractivity contribution in [1.82, 2.24) is 15.0 Å². The lowest BCUT2D eigenvalue weighted by Gasteiger charge is -2.22. The Morgan fingerprint density at radius 1 is 0.265 bits per heavy atom.